The Morgan fingerprint density at radius 2 is 1.68 bits per heavy atom. The molecule has 2 bridgehead atoms. The van der Waals surface area contributed by atoms with E-state index in [2.05, 4.69) is 21.9 Å². The molecule has 0 amide bonds. The van der Waals surface area contributed by atoms with Gasteiger partial charge in [0.2, 0.25) is 0 Å². The molecule has 4 rings (SSSR count). The maximum absolute atomic E-state index is 12.5. The number of hydrogen-bond donors (Lipinski definition) is 3. The number of nitrogens with zero attached hydrogens (tertiary/aromatic N) is 2. The summed E-state index contributed by atoms with van der Waals surface area (Å²) < 4.78 is 0. The Balaban J connectivity index is 1.53. The van der Waals surface area contributed by atoms with Crippen molar-refractivity contribution in [2.45, 2.75) is 22.1 Å². The SMILES string of the molecule is O=C(O)[C@@H]1[C@H]2C[C@H](CN(CCN(CCO)CCO)C2)[C@H]1c1ccccc1Sc1ccc(Cl)cc1. The van der Waals surface area contributed by atoms with Crippen LogP contribution in [0.5, 0.6) is 0 Å². The number of benzene rings is 2. The van der Waals surface area contributed by atoms with E-state index < -0.39 is 11.9 Å². The summed E-state index contributed by atoms with van der Waals surface area (Å²) in [5.41, 5.74) is 1.13. The zero-order valence-electron chi connectivity index (χ0n) is 19.2. The molecule has 1 saturated heterocycles. The number of aliphatic carboxylic acids is 1. The van der Waals surface area contributed by atoms with E-state index in [0.29, 0.717) is 18.1 Å². The zero-order chi connectivity index (χ0) is 24.1. The lowest BCUT2D eigenvalue weighted by Crippen LogP contribution is -2.43. The molecule has 6 nitrogen and oxygen atoms in total. The molecule has 1 aliphatic carbocycles. The summed E-state index contributed by atoms with van der Waals surface area (Å²) in [5.74, 6) is -0.704. The molecule has 0 spiro atoms. The molecule has 2 aromatic rings. The second-order valence-electron chi connectivity index (χ2n) is 9.29. The predicted octanol–water partition coefficient (Wildman–Crippen LogP) is 3.51. The number of piperidine rings is 1. The van der Waals surface area contributed by atoms with Gasteiger partial charge in [-0.25, -0.2) is 0 Å². The standard InChI is InChI=1S/C26H33ClN2O4S/c27-20-5-7-21(8-6-20)34-23-4-2-1-3-22(23)24-18-15-19(25(24)26(32)33)17-29(16-18)10-9-28(11-13-30)12-14-31/h1-8,18-19,24-25,30-31H,9-17H2,(H,32,33)/t18-,19+,24+,25-/m1/s1. The number of halogens is 1. The van der Waals surface area contributed by atoms with Crippen LogP contribution in [-0.2, 0) is 4.79 Å². The van der Waals surface area contributed by atoms with Crippen LogP contribution in [0.2, 0.25) is 5.02 Å². The van der Waals surface area contributed by atoms with Gasteiger partial charge in [-0.05, 0) is 54.2 Å². The summed E-state index contributed by atoms with van der Waals surface area (Å²) in [7, 11) is 0. The summed E-state index contributed by atoms with van der Waals surface area (Å²) in [6.45, 7) is 4.43. The molecule has 2 fully saturated rings. The van der Waals surface area contributed by atoms with Crippen LogP contribution in [0.15, 0.2) is 58.3 Å². The summed E-state index contributed by atoms with van der Waals surface area (Å²) in [5, 5.41) is 29.5. The molecule has 2 aromatic carbocycles. The Hall–Kier alpha value is -1.61. The number of rotatable bonds is 11. The first kappa shape index (κ1) is 25.5. The van der Waals surface area contributed by atoms with Crippen molar-refractivity contribution in [2.75, 3.05) is 52.5 Å². The van der Waals surface area contributed by atoms with Crippen molar-refractivity contribution in [3.63, 3.8) is 0 Å². The van der Waals surface area contributed by atoms with Crippen molar-refractivity contribution < 1.29 is 20.1 Å². The minimum atomic E-state index is -0.701. The third-order valence-electron chi connectivity index (χ3n) is 7.16. The van der Waals surface area contributed by atoms with Crippen molar-refractivity contribution in [2.24, 2.45) is 17.8 Å². The van der Waals surface area contributed by atoms with Gasteiger partial charge in [0.05, 0.1) is 19.1 Å². The Kier molecular flexibility index (Phi) is 8.91. The number of carbonyl (C=O) groups is 1. The normalized spacial score (nSPS) is 24.6. The van der Waals surface area contributed by atoms with E-state index in [1.807, 2.05) is 36.4 Å². The van der Waals surface area contributed by atoms with Crippen LogP contribution in [0.3, 0.4) is 0 Å². The maximum Gasteiger partial charge on any atom is 0.307 e. The van der Waals surface area contributed by atoms with Crippen molar-refractivity contribution in [1.29, 1.82) is 0 Å². The minimum Gasteiger partial charge on any atom is -0.481 e. The highest BCUT2D eigenvalue weighted by Gasteiger charge is 2.51. The molecule has 1 heterocycles. The number of aliphatic hydroxyl groups is 2. The number of fused-ring (bicyclic) bond motifs is 2. The molecule has 0 radical (unpaired) electrons. The maximum atomic E-state index is 12.5. The fraction of sp³-hybridized carbons (Fsp3) is 0.500. The van der Waals surface area contributed by atoms with Crippen LogP contribution in [0.1, 0.15) is 17.9 Å². The summed E-state index contributed by atoms with van der Waals surface area (Å²) in [6.07, 6.45) is 0.940. The molecule has 0 unspecified atom stereocenters. The van der Waals surface area contributed by atoms with Crippen LogP contribution in [-0.4, -0.2) is 83.6 Å². The Labute approximate surface area is 210 Å². The van der Waals surface area contributed by atoms with Gasteiger partial charge in [-0.15, -0.1) is 0 Å². The van der Waals surface area contributed by atoms with E-state index in [9.17, 15) is 20.1 Å². The van der Waals surface area contributed by atoms with Gasteiger partial charge in [0.25, 0.3) is 0 Å². The van der Waals surface area contributed by atoms with Gasteiger partial charge in [-0.3, -0.25) is 9.69 Å². The second kappa shape index (κ2) is 11.9. The van der Waals surface area contributed by atoms with Crippen LogP contribution < -0.4 is 0 Å². The molecule has 1 saturated carbocycles. The molecule has 184 valence electrons. The summed E-state index contributed by atoms with van der Waals surface area (Å²) in [4.78, 5) is 19.1. The van der Waals surface area contributed by atoms with E-state index in [1.54, 1.807) is 11.8 Å². The highest BCUT2D eigenvalue weighted by molar-refractivity contribution is 7.99. The minimum absolute atomic E-state index is 0.0190. The van der Waals surface area contributed by atoms with Gasteiger partial charge < -0.3 is 20.2 Å². The lowest BCUT2D eigenvalue weighted by molar-refractivity contribution is -0.143. The number of hydrogen-bond acceptors (Lipinski definition) is 6. The summed E-state index contributed by atoms with van der Waals surface area (Å²) in [6, 6.07) is 16.0. The van der Waals surface area contributed by atoms with Crippen LogP contribution >= 0.6 is 23.4 Å². The predicted molar refractivity (Wildman–Crippen MR) is 135 cm³/mol. The Bertz CT molecular complexity index is 954. The van der Waals surface area contributed by atoms with E-state index >= 15 is 0 Å². The Morgan fingerprint density at radius 1 is 1.00 bits per heavy atom. The molecule has 0 aromatic heterocycles. The van der Waals surface area contributed by atoms with Crippen molar-refractivity contribution in [3.8, 4) is 0 Å². The second-order valence-corrected chi connectivity index (χ2v) is 10.8. The van der Waals surface area contributed by atoms with Crippen molar-refractivity contribution in [1.82, 2.24) is 9.80 Å². The lowest BCUT2D eigenvalue weighted by atomic mass is 9.82. The van der Waals surface area contributed by atoms with Gasteiger partial charge in [-0.1, -0.05) is 41.6 Å². The highest BCUT2D eigenvalue weighted by Crippen LogP contribution is 2.53. The topological polar surface area (TPSA) is 84.2 Å². The average Bonchev–Trinajstić information content (AvgIpc) is 3.09. The van der Waals surface area contributed by atoms with E-state index in [-0.39, 0.29) is 31.0 Å². The molecule has 34 heavy (non-hydrogen) atoms. The lowest BCUT2D eigenvalue weighted by Gasteiger charge is -2.34. The van der Waals surface area contributed by atoms with Gasteiger partial charge in [0.1, 0.15) is 0 Å². The quantitative estimate of drug-likeness (QED) is 0.432. The van der Waals surface area contributed by atoms with Crippen molar-refractivity contribution >= 4 is 29.3 Å². The highest BCUT2D eigenvalue weighted by atomic mass is 35.5. The number of carboxylic acid groups (broad SMARTS) is 1. The third-order valence-corrected chi connectivity index (χ3v) is 8.51. The smallest absolute Gasteiger partial charge is 0.307 e. The van der Waals surface area contributed by atoms with Crippen LogP contribution in [0.4, 0.5) is 0 Å². The molecule has 1 aliphatic heterocycles. The number of carboxylic acids is 1. The fourth-order valence-electron chi connectivity index (χ4n) is 5.75. The molecule has 8 heteroatoms. The number of aliphatic hydroxyl groups excluding tert-OH is 2. The monoisotopic (exact) mass is 504 g/mol. The van der Waals surface area contributed by atoms with E-state index in [4.69, 9.17) is 11.6 Å². The first-order valence-electron chi connectivity index (χ1n) is 11.9. The van der Waals surface area contributed by atoms with Gasteiger partial charge in [0, 0.05) is 60.0 Å². The largest absolute Gasteiger partial charge is 0.481 e. The third kappa shape index (κ3) is 5.96. The van der Waals surface area contributed by atoms with Crippen molar-refractivity contribution in [3.05, 3.63) is 59.1 Å². The van der Waals surface area contributed by atoms with E-state index in [0.717, 1.165) is 48.0 Å². The van der Waals surface area contributed by atoms with Gasteiger partial charge in [-0.2, -0.15) is 0 Å². The molecule has 3 N–H and O–H groups in total. The van der Waals surface area contributed by atoms with Gasteiger partial charge in [0.15, 0.2) is 0 Å². The molecule has 2 aliphatic rings. The average molecular weight is 505 g/mol. The molecule has 4 atom stereocenters. The number of likely N-dealkylation sites (tertiary alicyclic amines) is 1. The fourth-order valence-corrected chi connectivity index (χ4v) is 6.87. The van der Waals surface area contributed by atoms with Crippen LogP contribution in [0.25, 0.3) is 0 Å². The first-order valence-corrected chi connectivity index (χ1v) is 13.1. The first-order chi connectivity index (χ1) is 16.5. The van der Waals surface area contributed by atoms with Crippen LogP contribution in [0, 0.1) is 17.8 Å². The Morgan fingerprint density at radius 3 is 2.35 bits per heavy atom. The molecular weight excluding hydrogens is 472 g/mol. The summed E-state index contributed by atoms with van der Waals surface area (Å²) >= 11 is 7.72. The zero-order valence-corrected chi connectivity index (χ0v) is 20.8. The molecular formula is C26H33ClN2O4S. The van der Waals surface area contributed by atoms with Gasteiger partial charge >= 0.3 is 5.97 Å². The van der Waals surface area contributed by atoms with E-state index in [1.165, 1.54) is 0 Å².